The molecule has 26 heavy (non-hydrogen) atoms. The van der Waals surface area contributed by atoms with Gasteiger partial charge in [-0.25, -0.2) is 0 Å². The highest BCUT2D eigenvalue weighted by molar-refractivity contribution is 5.94. The van der Waals surface area contributed by atoms with Crippen molar-refractivity contribution < 1.29 is 9.53 Å². The third-order valence-corrected chi connectivity index (χ3v) is 5.04. The minimum Gasteiger partial charge on any atom is -0.490 e. The zero-order valence-corrected chi connectivity index (χ0v) is 14.7. The van der Waals surface area contributed by atoms with Gasteiger partial charge in [0.1, 0.15) is 11.9 Å². The first-order valence-corrected chi connectivity index (χ1v) is 9.01. The first-order valence-electron chi connectivity index (χ1n) is 9.01. The van der Waals surface area contributed by atoms with E-state index in [0.717, 1.165) is 47.9 Å². The summed E-state index contributed by atoms with van der Waals surface area (Å²) in [6.45, 7) is 2.05. The highest BCUT2D eigenvalue weighted by atomic mass is 16.5. The number of nitrogens with one attached hydrogen (secondary N) is 2. The fraction of sp³-hybridized carbons (Fsp3) is 0.350. The van der Waals surface area contributed by atoms with Gasteiger partial charge in [0.05, 0.1) is 11.7 Å². The summed E-state index contributed by atoms with van der Waals surface area (Å²) >= 11 is 0. The first kappa shape index (κ1) is 16.6. The lowest BCUT2D eigenvalue weighted by molar-refractivity contribution is 0.0882. The summed E-state index contributed by atoms with van der Waals surface area (Å²) in [5.41, 5.74) is 2.75. The van der Waals surface area contributed by atoms with E-state index in [9.17, 15) is 4.79 Å². The Morgan fingerprint density at radius 1 is 1.23 bits per heavy atom. The Balaban J connectivity index is 1.41. The molecule has 6 nitrogen and oxygen atoms in total. The molecule has 134 valence electrons. The number of fused-ring (bicyclic) bond motifs is 1. The SMILES string of the molecule is Cc1c(OC2CCCC(NC(=O)c3ccncc3)C2)ccc2[nH]ncc12. The summed E-state index contributed by atoms with van der Waals surface area (Å²) in [6.07, 6.45) is 9.05. The number of amides is 1. The van der Waals surface area contributed by atoms with Gasteiger partial charge < -0.3 is 10.1 Å². The summed E-state index contributed by atoms with van der Waals surface area (Å²) in [4.78, 5) is 16.3. The number of hydrogen-bond donors (Lipinski definition) is 2. The lowest BCUT2D eigenvalue weighted by Gasteiger charge is -2.30. The number of aromatic amines is 1. The highest BCUT2D eigenvalue weighted by Crippen LogP contribution is 2.30. The average molecular weight is 350 g/mol. The topological polar surface area (TPSA) is 79.9 Å². The molecule has 1 aliphatic carbocycles. The zero-order chi connectivity index (χ0) is 17.9. The predicted octanol–water partition coefficient (Wildman–Crippen LogP) is 3.39. The van der Waals surface area contributed by atoms with Crippen LogP contribution >= 0.6 is 0 Å². The van der Waals surface area contributed by atoms with E-state index in [1.807, 2.05) is 18.3 Å². The average Bonchev–Trinajstić information content (AvgIpc) is 3.15. The monoisotopic (exact) mass is 350 g/mol. The van der Waals surface area contributed by atoms with Gasteiger partial charge in [0.2, 0.25) is 0 Å². The lowest BCUT2D eigenvalue weighted by Crippen LogP contribution is -2.41. The molecule has 1 aromatic carbocycles. The second kappa shape index (κ2) is 7.15. The smallest absolute Gasteiger partial charge is 0.251 e. The second-order valence-corrected chi connectivity index (χ2v) is 6.83. The van der Waals surface area contributed by atoms with Crippen LogP contribution in [0, 0.1) is 6.92 Å². The van der Waals surface area contributed by atoms with E-state index >= 15 is 0 Å². The lowest BCUT2D eigenvalue weighted by atomic mass is 9.92. The molecule has 0 saturated heterocycles. The van der Waals surface area contributed by atoms with Crippen molar-refractivity contribution >= 4 is 16.8 Å². The van der Waals surface area contributed by atoms with Crippen LogP contribution in [0.15, 0.2) is 42.9 Å². The van der Waals surface area contributed by atoms with Crippen molar-refractivity contribution in [1.82, 2.24) is 20.5 Å². The molecule has 0 spiro atoms. The summed E-state index contributed by atoms with van der Waals surface area (Å²) in [7, 11) is 0. The van der Waals surface area contributed by atoms with Gasteiger partial charge in [-0.15, -0.1) is 0 Å². The molecule has 3 aromatic rings. The fourth-order valence-electron chi connectivity index (χ4n) is 3.60. The van der Waals surface area contributed by atoms with Crippen LogP contribution < -0.4 is 10.1 Å². The predicted molar refractivity (Wildman–Crippen MR) is 99.2 cm³/mol. The summed E-state index contributed by atoms with van der Waals surface area (Å²) in [5, 5.41) is 11.3. The van der Waals surface area contributed by atoms with Gasteiger partial charge >= 0.3 is 0 Å². The van der Waals surface area contributed by atoms with Crippen LogP contribution in [0.25, 0.3) is 10.9 Å². The van der Waals surface area contributed by atoms with Crippen LogP contribution in [0.5, 0.6) is 5.75 Å². The van der Waals surface area contributed by atoms with E-state index in [-0.39, 0.29) is 18.1 Å². The number of H-pyrrole nitrogens is 1. The number of nitrogens with zero attached hydrogens (tertiary/aromatic N) is 2. The summed E-state index contributed by atoms with van der Waals surface area (Å²) in [5.74, 6) is 0.846. The van der Waals surface area contributed by atoms with E-state index in [2.05, 4.69) is 27.4 Å². The Morgan fingerprint density at radius 2 is 2.08 bits per heavy atom. The van der Waals surface area contributed by atoms with Gasteiger partial charge in [-0.1, -0.05) is 0 Å². The van der Waals surface area contributed by atoms with Gasteiger partial charge in [-0.2, -0.15) is 5.10 Å². The molecule has 0 radical (unpaired) electrons. The summed E-state index contributed by atoms with van der Waals surface area (Å²) < 4.78 is 6.28. The van der Waals surface area contributed by atoms with Crippen molar-refractivity contribution in [2.45, 2.75) is 44.8 Å². The van der Waals surface area contributed by atoms with Crippen LogP contribution in [-0.4, -0.2) is 33.2 Å². The molecule has 2 N–H and O–H groups in total. The number of aryl methyl sites for hydroxylation is 1. The third-order valence-electron chi connectivity index (χ3n) is 5.04. The molecule has 1 aliphatic rings. The quantitative estimate of drug-likeness (QED) is 0.756. The largest absolute Gasteiger partial charge is 0.490 e. The van der Waals surface area contributed by atoms with Crippen molar-refractivity contribution in [3.05, 3.63) is 54.0 Å². The van der Waals surface area contributed by atoms with E-state index < -0.39 is 0 Å². The molecule has 0 bridgehead atoms. The van der Waals surface area contributed by atoms with Crippen molar-refractivity contribution in [2.24, 2.45) is 0 Å². The number of rotatable bonds is 4. The molecule has 1 saturated carbocycles. The minimum atomic E-state index is -0.0472. The number of aromatic nitrogens is 3. The van der Waals surface area contributed by atoms with Gasteiger partial charge in [-0.3, -0.25) is 14.9 Å². The Kier molecular flexibility index (Phi) is 4.56. The Labute approximate surface area is 152 Å². The second-order valence-electron chi connectivity index (χ2n) is 6.83. The molecule has 6 heteroatoms. The molecule has 4 rings (SSSR count). The molecule has 2 atom stereocenters. The third kappa shape index (κ3) is 3.40. The molecule has 1 amide bonds. The van der Waals surface area contributed by atoms with E-state index in [4.69, 9.17) is 4.74 Å². The fourth-order valence-corrected chi connectivity index (χ4v) is 3.60. The Morgan fingerprint density at radius 3 is 2.92 bits per heavy atom. The van der Waals surface area contributed by atoms with Gasteiger partial charge in [0, 0.05) is 41.4 Å². The van der Waals surface area contributed by atoms with Gasteiger partial charge in [-0.05, 0) is 50.5 Å². The van der Waals surface area contributed by atoms with Crippen LogP contribution in [-0.2, 0) is 0 Å². The van der Waals surface area contributed by atoms with Crippen LogP contribution in [0.3, 0.4) is 0 Å². The maximum absolute atomic E-state index is 12.4. The van der Waals surface area contributed by atoms with Crippen LogP contribution in [0.1, 0.15) is 41.6 Å². The van der Waals surface area contributed by atoms with E-state index in [0.29, 0.717) is 5.56 Å². The van der Waals surface area contributed by atoms with Crippen LogP contribution in [0.2, 0.25) is 0 Å². The number of ether oxygens (including phenoxy) is 1. The van der Waals surface area contributed by atoms with E-state index in [1.165, 1.54) is 0 Å². The summed E-state index contributed by atoms with van der Waals surface area (Å²) in [6, 6.07) is 7.59. The minimum absolute atomic E-state index is 0.0472. The van der Waals surface area contributed by atoms with Crippen molar-refractivity contribution in [1.29, 1.82) is 0 Å². The number of carbonyl (C=O) groups excluding carboxylic acids is 1. The Bertz CT molecular complexity index is 907. The number of benzene rings is 1. The molecular formula is C20H22N4O2. The Hall–Kier alpha value is -2.89. The maximum atomic E-state index is 12.4. The maximum Gasteiger partial charge on any atom is 0.251 e. The zero-order valence-electron chi connectivity index (χ0n) is 14.7. The molecule has 2 heterocycles. The molecule has 0 aliphatic heterocycles. The van der Waals surface area contributed by atoms with Crippen molar-refractivity contribution in [2.75, 3.05) is 0 Å². The number of pyridine rings is 1. The number of carbonyl (C=O) groups is 1. The first-order chi connectivity index (χ1) is 12.7. The van der Waals surface area contributed by atoms with Gasteiger partial charge in [0.25, 0.3) is 5.91 Å². The van der Waals surface area contributed by atoms with Crippen molar-refractivity contribution in [3.8, 4) is 5.75 Å². The number of hydrogen-bond acceptors (Lipinski definition) is 4. The highest BCUT2D eigenvalue weighted by Gasteiger charge is 2.25. The molecule has 2 unspecified atom stereocenters. The van der Waals surface area contributed by atoms with Crippen molar-refractivity contribution in [3.63, 3.8) is 0 Å². The molecule has 2 aromatic heterocycles. The standard InChI is InChI=1S/C20H22N4O2/c1-13-17-12-22-24-18(17)5-6-19(13)26-16-4-2-3-15(11-16)23-20(25)14-7-9-21-10-8-14/h5-10,12,15-16H,2-4,11H2,1H3,(H,22,24)(H,23,25). The van der Waals surface area contributed by atoms with Crippen LogP contribution in [0.4, 0.5) is 0 Å². The normalized spacial score (nSPS) is 20.0. The van der Waals surface area contributed by atoms with Gasteiger partial charge in [0.15, 0.2) is 0 Å². The molecule has 1 fully saturated rings. The molecular weight excluding hydrogens is 328 g/mol. The van der Waals surface area contributed by atoms with E-state index in [1.54, 1.807) is 24.5 Å².